The van der Waals surface area contributed by atoms with Crippen molar-refractivity contribution in [2.75, 3.05) is 22.4 Å². The normalized spacial score (nSPS) is 12.6. The molecular formula is C22H24ClN7O3S2. The number of amides is 3. The lowest BCUT2D eigenvalue weighted by molar-refractivity contribution is -0.118. The van der Waals surface area contributed by atoms with Gasteiger partial charge in [0.15, 0.2) is 5.82 Å². The molecule has 0 atom stereocenters. The maximum atomic E-state index is 12.9. The van der Waals surface area contributed by atoms with Gasteiger partial charge in [-0.05, 0) is 48.9 Å². The zero-order valence-corrected chi connectivity index (χ0v) is 21.1. The van der Waals surface area contributed by atoms with E-state index in [-0.39, 0.29) is 23.4 Å². The Morgan fingerprint density at radius 1 is 1.11 bits per heavy atom. The Morgan fingerprint density at radius 2 is 1.89 bits per heavy atom. The van der Waals surface area contributed by atoms with Crippen LogP contribution in [-0.4, -0.2) is 44.2 Å². The number of aromatic nitrogens is 3. The largest absolute Gasteiger partial charge is 0.316 e. The summed E-state index contributed by atoms with van der Waals surface area (Å²) in [7, 11) is 0. The summed E-state index contributed by atoms with van der Waals surface area (Å²) in [5.74, 6) is 4.50. The first kappa shape index (κ1) is 25.2. The molecule has 1 aliphatic rings. The van der Waals surface area contributed by atoms with E-state index in [2.05, 4.69) is 26.4 Å². The van der Waals surface area contributed by atoms with Crippen molar-refractivity contribution in [2.45, 2.75) is 37.3 Å². The quantitative estimate of drug-likeness (QED) is 0.109. The van der Waals surface area contributed by atoms with E-state index >= 15 is 0 Å². The maximum Gasteiger partial charge on any atom is 0.270 e. The van der Waals surface area contributed by atoms with Crippen molar-refractivity contribution in [3.05, 3.63) is 57.7 Å². The number of hydrazine groups is 1. The van der Waals surface area contributed by atoms with Gasteiger partial charge in [0.1, 0.15) is 5.88 Å². The summed E-state index contributed by atoms with van der Waals surface area (Å²) in [5.41, 5.74) is 7.53. The van der Waals surface area contributed by atoms with E-state index < -0.39 is 5.91 Å². The second-order valence-corrected chi connectivity index (χ2v) is 10.1. The highest BCUT2D eigenvalue weighted by Crippen LogP contribution is 2.39. The minimum atomic E-state index is -0.390. The van der Waals surface area contributed by atoms with Gasteiger partial charge in [0.25, 0.3) is 5.91 Å². The molecule has 5 N–H and O–H groups in total. The Hall–Kier alpha value is -2.93. The third-order valence-corrected chi connectivity index (χ3v) is 7.85. The average Bonchev–Trinajstić information content (AvgIpc) is 3.43. The third kappa shape index (κ3) is 6.01. The van der Waals surface area contributed by atoms with Crippen LogP contribution >= 0.6 is 34.7 Å². The number of thioether (sulfide) groups is 1. The maximum absolute atomic E-state index is 12.9. The van der Waals surface area contributed by atoms with Crippen LogP contribution in [0.3, 0.4) is 0 Å². The zero-order chi connectivity index (χ0) is 24.8. The molecule has 35 heavy (non-hydrogen) atoms. The summed E-state index contributed by atoms with van der Waals surface area (Å²) in [6, 6.07) is 8.76. The number of nitrogens with zero attached hydrogens (tertiary/aromatic N) is 3. The fourth-order valence-electron chi connectivity index (χ4n) is 3.79. The van der Waals surface area contributed by atoms with Crippen molar-refractivity contribution < 1.29 is 14.4 Å². The summed E-state index contributed by atoms with van der Waals surface area (Å²) < 4.78 is 1.49. The zero-order valence-electron chi connectivity index (χ0n) is 18.7. The van der Waals surface area contributed by atoms with Gasteiger partial charge >= 0.3 is 0 Å². The number of halogens is 1. The van der Waals surface area contributed by atoms with Gasteiger partial charge in [0.2, 0.25) is 17.0 Å². The summed E-state index contributed by atoms with van der Waals surface area (Å²) in [5, 5.41) is 12.5. The lowest BCUT2D eigenvalue weighted by Crippen LogP contribution is -2.32. The number of hydrogen-bond acceptors (Lipinski definition) is 8. The molecule has 0 spiro atoms. The molecule has 184 valence electrons. The highest BCUT2D eigenvalue weighted by Gasteiger charge is 2.25. The first-order valence-electron chi connectivity index (χ1n) is 10.9. The van der Waals surface area contributed by atoms with Gasteiger partial charge in [-0.25, -0.2) is 10.5 Å². The molecule has 0 saturated carbocycles. The molecule has 3 aromatic rings. The topological polar surface area (TPSA) is 144 Å². The lowest BCUT2D eigenvalue weighted by Gasteiger charge is -2.15. The molecule has 0 aliphatic heterocycles. The Balaban J connectivity index is 1.68. The Morgan fingerprint density at radius 3 is 2.63 bits per heavy atom. The van der Waals surface area contributed by atoms with Crippen molar-refractivity contribution >= 4 is 57.4 Å². The van der Waals surface area contributed by atoms with Crippen molar-refractivity contribution in [1.82, 2.24) is 20.3 Å². The monoisotopic (exact) mass is 533 g/mol. The van der Waals surface area contributed by atoms with Gasteiger partial charge in [-0.15, -0.1) is 33.1 Å². The van der Waals surface area contributed by atoms with Crippen LogP contribution in [-0.2, 0) is 28.9 Å². The van der Waals surface area contributed by atoms with Crippen LogP contribution in [0.5, 0.6) is 0 Å². The van der Waals surface area contributed by atoms with E-state index in [4.69, 9.17) is 17.4 Å². The fraction of sp³-hybridized carbons (Fsp3) is 0.318. The number of rotatable bonds is 9. The van der Waals surface area contributed by atoms with Crippen LogP contribution in [0.1, 0.15) is 45.0 Å². The summed E-state index contributed by atoms with van der Waals surface area (Å²) >= 11 is 8.39. The molecule has 0 fully saturated rings. The van der Waals surface area contributed by atoms with Crippen molar-refractivity contribution in [3.63, 3.8) is 0 Å². The molecule has 10 nitrogen and oxygen atoms in total. The second kappa shape index (κ2) is 11.7. The average molecular weight is 534 g/mol. The number of fused-ring (bicyclic) bond motifs is 1. The molecule has 2 aromatic heterocycles. The molecule has 1 aromatic carbocycles. The number of alkyl halides is 1. The highest BCUT2D eigenvalue weighted by atomic mass is 35.5. The molecule has 0 unspecified atom stereocenters. The van der Waals surface area contributed by atoms with Crippen LogP contribution in [0.2, 0.25) is 0 Å². The Bertz CT molecular complexity index is 1230. The fourth-order valence-corrected chi connectivity index (χ4v) is 5.90. The number of benzene rings is 1. The SMILES string of the molecule is NNC(=O)CSc1nnc(Cc2c(NC(=O)CCl)sc3c2CCCC3)n1NC(=O)c1ccccc1. The smallest absolute Gasteiger partial charge is 0.270 e. The van der Waals surface area contributed by atoms with Gasteiger partial charge in [-0.2, -0.15) is 0 Å². The molecule has 0 saturated heterocycles. The number of anilines is 1. The van der Waals surface area contributed by atoms with E-state index in [0.29, 0.717) is 23.0 Å². The number of nitrogens with two attached hydrogens (primary N) is 1. The number of carbonyl (C=O) groups is 3. The van der Waals surface area contributed by atoms with E-state index in [9.17, 15) is 14.4 Å². The van der Waals surface area contributed by atoms with Crippen LogP contribution in [0, 0.1) is 0 Å². The predicted molar refractivity (Wildman–Crippen MR) is 136 cm³/mol. The molecule has 0 radical (unpaired) electrons. The first-order chi connectivity index (χ1) is 17.0. The highest BCUT2D eigenvalue weighted by molar-refractivity contribution is 7.99. The number of thiophene rings is 1. The molecule has 1 aliphatic carbocycles. The van der Waals surface area contributed by atoms with E-state index in [1.54, 1.807) is 35.6 Å². The van der Waals surface area contributed by atoms with Crippen LogP contribution in [0.4, 0.5) is 5.00 Å². The van der Waals surface area contributed by atoms with Gasteiger partial charge in [-0.1, -0.05) is 30.0 Å². The number of nitrogens with one attached hydrogen (secondary N) is 3. The third-order valence-electron chi connectivity index (χ3n) is 5.43. The minimum Gasteiger partial charge on any atom is -0.316 e. The Labute approximate surface area is 214 Å². The first-order valence-corrected chi connectivity index (χ1v) is 13.3. The molecule has 2 heterocycles. The summed E-state index contributed by atoms with van der Waals surface area (Å²) in [4.78, 5) is 37.9. The van der Waals surface area contributed by atoms with Crippen molar-refractivity contribution in [3.8, 4) is 0 Å². The molecule has 0 bridgehead atoms. The standard InChI is InChI=1S/C22H24ClN7O3S2/c23-11-18(31)25-21-15(14-8-4-5-9-16(14)35-21)10-17-27-28-22(34-12-19(32)26-24)30(17)29-20(33)13-6-2-1-3-7-13/h1-3,6-7H,4-5,8-12,24H2,(H,25,31)(H,26,32)(H,29,33). The van der Waals surface area contributed by atoms with Gasteiger partial charge in [-0.3, -0.25) is 25.2 Å². The minimum absolute atomic E-state index is 0.000714. The van der Waals surface area contributed by atoms with E-state index in [0.717, 1.165) is 48.0 Å². The van der Waals surface area contributed by atoms with Crippen molar-refractivity contribution in [1.29, 1.82) is 0 Å². The number of hydrogen-bond donors (Lipinski definition) is 4. The van der Waals surface area contributed by atoms with E-state index in [1.807, 2.05) is 6.07 Å². The van der Waals surface area contributed by atoms with Gasteiger partial charge in [0, 0.05) is 16.9 Å². The predicted octanol–water partition coefficient (Wildman–Crippen LogP) is 2.45. The van der Waals surface area contributed by atoms with Gasteiger partial charge in [0.05, 0.1) is 10.8 Å². The molecule has 3 amide bonds. The number of aryl methyl sites for hydroxylation is 1. The van der Waals surface area contributed by atoms with Crippen molar-refractivity contribution in [2.24, 2.45) is 5.84 Å². The van der Waals surface area contributed by atoms with E-state index in [1.165, 1.54) is 15.1 Å². The van der Waals surface area contributed by atoms with Crippen LogP contribution < -0.4 is 22.0 Å². The molecule has 13 heteroatoms. The molecular weight excluding hydrogens is 510 g/mol. The van der Waals surface area contributed by atoms with Crippen LogP contribution in [0.15, 0.2) is 35.5 Å². The van der Waals surface area contributed by atoms with Crippen LogP contribution in [0.25, 0.3) is 0 Å². The summed E-state index contributed by atoms with van der Waals surface area (Å²) in [6.07, 6.45) is 4.35. The van der Waals surface area contributed by atoms with Gasteiger partial charge < -0.3 is 5.32 Å². The Kier molecular flexibility index (Phi) is 8.39. The summed E-state index contributed by atoms with van der Waals surface area (Å²) in [6.45, 7) is 0. The molecule has 4 rings (SSSR count). The second-order valence-electron chi connectivity index (χ2n) is 7.77. The lowest BCUT2D eigenvalue weighted by atomic mass is 9.94. The number of carbonyl (C=O) groups excluding carboxylic acids is 3.